The lowest BCUT2D eigenvalue weighted by molar-refractivity contribution is -0.158. The van der Waals surface area contributed by atoms with Crippen molar-refractivity contribution in [3.63, 3.8) is 0 Å². The number of hydrogen-bond acceptors (Lipinski definition) is 10. The normalized spacial score (nSPS) is 20.3. The number of allylic oxidation sites excluding steroid dienone is 1. The fourth-order valence-electron chi connectivity index (χ4n) is 3.44. The molecule has 0 N–H and O–H groups in total. The topological polar surface area (TPSA) is 126 Å². The van der Waals surface area contributed by atoms with Crippen LogP contribution in [0.2, 0.25) is 0 Å². The number of esters is 1. The number of unbranched alkanes of at least 4 members (excludes halogenated alkanes) is 1. The molecule has 0 aliphatic carbocycles. The first kappa shape index (κ1) is 23.5. The maximum atomic E-state index is 12.9. The molecule has 12 heteroatoms. The minimum Gasteiger partial charge on any atom is -0.457 e. The molecule has 0 aromatic carbocycles. The molecule has 3 heterocycles. The molecule has 32 heavy (non-hydrogen) atoms. The van der Waals surface area contributed by atoms with Crippen molar-refractivity contribution in [1.82, 2.24) is 25.1 Å². The highest BCUT2D eigenvalue weighted by atomic mass is 32.2. The molecule has 0 spiro atoms. The van der Waals surface area contributed by atoms with Crippen LogP contribution in [0.1, 0.15) is 26.2 Å². The summed E-state index contributed by atoms with van der Waals surface area (Å²) in [6.07, 6.45) is 5.00. The van der Waals surface area contributed by atoms with Crippen molar-refractivity contribution in [2.45, 2.75) is 44.2 Å². The summed E-state index contributed by atoms with van der Waals surface area (Å²) < 4.78 is 16.9. The molecule has 2 aliphatic heterocycles. The molecule has 1 aromatic heterocycles. The first-order valence-corrected chi connectivity index (χ1v) is 11.0. The molecule has 11 nitrogen and oxygen atoms in total. The number of rotatable bonds is 12. The molecule has 1 aromatic rings. The highest BCUT2D eigenvalue weighted by Gasteiger charge is 2.58. The summed E-state index contributed by atoms with van der Waals surface area (Å²) in [7, 11) is 0. The van der Waals surface area contributed by atoms with Crippen LogP contribution in [-0.2, 0) is 30.3 Å². The number of thioether (sulfide) groups is 1. The highest BCUT2D eigenvalue weighted by Crippen LogP contribution is 2.52. The number of β-lactam (4-membered cyclic amide) rings is 1. The van der Waals surface area contributed by atoms with Crippen LogP contribution in [0, 0.1) is 5.92 Å². The van der Waals surface area contributed by atoms with Gasteiger partial charge in [-0.05, 0) is 36.6 Å². The van der Waals surface area contributed by atoms with E-state index in [0.29, 0.717) is 13.0 Å². The highest BCUT2D eigenvalue weighted by molar-refractivity contribution is 8.04. The smallest absolute Gasteiger partial charge is 0.457 e. The van der Waals surface area contributed by atoms with Gasteiger partial charge in [0.05, 0.1) is 0 Å². The standard InChI is InChI=1S/C20H25N5O6S/c1-4-10-29-19(27)16-14(8-6-7-9-24-12-21-22-23-24)32-18-15(17(26)25(16)18)13(3)31-20(28)30-11-5-2/h4-5,12-13,15,18H,1-2,6-11H2,3H3/t13-,15+,18-/m1/s1. The third-order valence-electron chi connectivity index (χ3n) is 4.92. The maximum absolute atomic E-state index is 12.9. The van der Waals surface area contributed by atoms with Gasteiger partial charge in [-0.15, -0.1) is 16.9 Å². The van der Waals surface area contributed by atoms with Gasteiger partial charge < -0.3 is 14.2 Å². The van der Waals surface area contributed by atoms with Crippen molar-refractivity contribution in [3.8, 4) is 0 Å². The van der Waals surface area contributed by atoms with Crippen molar-refractivity contribution in [2.24, 2.45) is 5.92 Å². The Bertz CT molecular complexity index is 902. The van der Waals surface area contributed by atoms with Crippen molar-refractivity contribution < 1.29 is 28.6 Å². The molecule has 1 saturated heterocycles. The van der Waals surface area contributed by atoms with Gasteiger partial charge in [0.2, 0.25) is 5.91 Å². The summed E-state index contributed by atoms with van der Waals surface area (Å²) >= 11 is 1.43. The molecule has 0 radical (unpaired) electrons. The summed E-state index contributed by atoms with van der Waals surface area (Å²) in [6.45, 7) is 9.36. The lowest BCUT2D eigenvalue weighted by Gasteiger charge is -2.44. The molecule has 1 amide bonds. The molecule has 3 atom stereocenters. The van der Waals surface area contributed by atoms with Gasteiger partial charge in [-0.3, -0.25) is 9.69 Å². The average molecular weight is 464 g/mol. The van der Waals surface area contributed by atoms with E-state index in [0.717, 1.165) is 17.7 Å². The van der Waals surface area contributed by atoms with E-state index in [1.54, 1.807) is 11.6 Å². The number of tetrazole rings is 1. The molecule has 0 unspecified atom stereocenters. The molecule has 0 bridgehead atoms. The molecular formula is C20H25N5O6S. The van der Waals surface area contributed by atoms with Crippen LogP contribution in [0.3, 0.4) is 0 Å². The van der Waals surface area contributed by atoms with Gasteiger partial charge in [0, 0.05) is 11.4 Å². The summed E-state index contributed by atoms with van der Waals surface area (Å²) in [5.74, 6) is -1.45. The van der Waals surface area contributed by atoms with Gasteiger partial charge in [0.15, 0.2) is 0 Å². The quantitative estimate of drug-likeness (QED) is 0.197. The largest absolute Gasteiger partial charge is 0.508 e. The number of aromatic nitrogens is 4. The van der Waals surface area contributed by atoms with Crippen molar-refractivity contribution >= 4 is 29.8 Å². The van der Waals surface area contributed by atoms with E-state index < -0.39 is 24.1 Å². The Morgan fingerprint density at radius 3 is 2.69 bits per heavy atom. The second kappa shape index (κ2) is 10.9. The van der Waals surface area contributed by atoms with E-state index in [4.69, 9.17) is 14.2 Å². The fraction of sp³-hybridized carbons (Fsp3) is 0.500. The van der Waals surface area contributed by atoms with Crippen LogP contribution in [-0.4, -0.2) is 67.8 Å². The van der Waals surface area contributed by atoms with E-state index in [-0.39, 0.29) is 30.2 Å². The maximum Gasteiger partial charge on any atom is 0.508 e. The Balaban J connectivity index is 1.64. The number of aryl methyl sites for hydroxylation is 1. The van der Waals surface area contributed by atoms with Gasteiger partial charge >= 0.3 is 12.1 Å². The van der Waals surface area contributed by atoms with Gasteiger partial charge in [-0.2, -0.15) is 0 Å². The van der Waals surface area contributed by atoms with Gasteiger partial charge in [0.25, 0.3) is 0 Å². The van der Waals surface area contributed by atoms with Crippen molar-refractivity contribution in [2.75, 3.05) is 13.2 Å². The Hall–Kier alpha value is -3.15. The Morgan fingerprint density at radius 1 is 1.25 bits per heavy atom. The van der Waals surface area contributed by atoms with E-state index in [1.165, 1.54) is 35.1 Å². The number of nitrogens with zero attached hydrogens (tertiary/aromatic N) is 5. The number of carbonyl (C=O) groups is 3. The molecule has 3 rings (SSSR count). The zero-order valence-corrected chi connectivity index (χ0v) is 18.5. The Labute approximate surface area is 189 Å². The number of carbonyl (C=O) groups excluding carboxylic acids is 3. The number of ether oxygens (including phenoxy) is 3. The van der Waals surface area contributed by atoms with Crippen molar-refractivity contribution in [3.05, 3.63) is 42.2 Å². The van der Waals surface area contributed by atoms with Crippen molar-refractivity contribution in [1.29, 1.82) is 0 Å². The number of hydrogen-bond donors (Lipinski definition) is 0. The molecule has 1 fully saturated rings. The van der Waals surface area contributed by atoms with Crippen LogP contribution in [0.25, 0.3) is 0 Å². The van der Waals surface area contributed by atoms with Crippen LogP contribution < -0.4 is 0 Å². The van der Waals surface area contributed by atoms with Gasteiger partial charge in [-0.25, -0.2) is 14.3 Å². The van der Waals surface area contributed by atoms with Crippen LogP contribution in [0.15, 0.2) is 42.2 Å². The zero-order valence-electron chi connectivity index (χ0n) is 17.7. The molecular weight excluding hydrogens is 438 g/mol. The Kier molecular flexibility index (Phi) is 8.03. The molecule has 0 saturated carbocycles. The van der Waals surface area contributed by atoms with Crippen LogP contribution in [0.4, 0.5) is 4.79 Å². The summed E-state index contributed by atoms with van der Waals surface area (Å²) in [6, 6.07) is 0. The van der Waals surface area contributed by atoms with E-state index in [2.05, 4.69) is 28.7 Å². The second-order valence-electron chi connectivity index (χ2n) is 7.10. The minimum absolute atomic E-state index is 0.0180. The fourth-order valence-corrected chi connectivity index (χ4v) is 5.09. The average Bonchev–Trinajstić information content (AvgIpc) is 3.39. The summed E-state index contributed by atoms with van der Waals surface area (Å²) in [5, 5.41) is 10.7. The molecule has 172 valence electrons. The summed E-state index contributed by atoms with van der Waals surface area (Å²) in [5.41, 5.74) is 0.256. The van der Waals surface area contributed by atoms with Gasteiger partial charge in [0.1, 0.15) is 42.6 Å². The predicted octanol–water partition coefficient (Wildman–Crippen LogP) is 2.04. The molecule has 2 aliphatic rings. The Morgan fingerprint density at radius 2 is 2.00 bits per heavy atom. The third kappa shape index (κ3) is 5.18. The monoisotopic (exact) mass is 463 g/mol. The van der Waals surface area contributed by atoms with Gasteiger partial charge in [-0.1, -0.05) is 25.3 Å². The zero-order chi connectivity index (χ0) is 23.1. The first-order valence-electron chi connectivity index (χ1n) is 10.1. The third-order valence-corrected chi connectivity index (χ3v) is 6.34. The summed E-state index contributed by atoms with van der Waals surface area (Å²) in [4.78, 5) is 39.5. The number of fused-ring (bicyclic) bond motifs is 1. The second-order valence-corrected chi connectivity index (χ2v) is 8.32. The minimum atomic E-state index is -0.868. The van der Waals surface area contributed by atoms with Crippen LogP contribution in [0.5, 0.6) is 0 Å². The lowest BCUT2D eigenvalue weighted by atomic mass is 9.92. The first-order chi connectivity index (χ1) is 15.5. The van der Waals surface area contributed by atoms with E-state index in [1.807, 2.05) is 0 Å². The SMILES string of the molecule is C=CCOC(=O)O[C@H](C)[C@H]1C(=O)N2C(C(=O)OCC=C)=C(CCCCn3cnnn3)S[C@H]12. The number of amides is 1. The lowest BCUT2D eigenvalue weighted by Crippen LogP contribution is -2.61. The van der Waals surface area contributed by atoms with Crippen LogP contribution >= 0.6 is 11.8 Å². The van der Waals surface area contributed by atoms with E-state index >= 15 is 0 Å². The van der Waals surface area contributed by atoms with E-state index in [9.17, 15) is 14.4 Å². The predicted molar refractivity (Wildman–Crippen MR) is 114 cm³/mol.